The van der Waals surface area contributed by atoms with Crippen molar-refractivity contribution in [3.05, 3.63) is 12.2 Å². The lowest BCUT2D eigenvalue weighted by atomic mass is 10.0. The summed E-state index contributed by atoms with van der Waals surface area (Å²) in [5.41, 5.74) is 0. The molecule has 12 heteroatoms. The maximum Gasteiger partial charge on any atom is 0.326 e. The molecule has 11 nitrogen and oxygen atoms in total. The molecule has 0 bridgehead atoms. The molecule has 1 fully saturated rings. The van der Waals surface area contributed by atoms with E-state index in [1.54, 1.807) is 19.9 Å². The van der Waals surface area contributed by atoms with Gasteiger partial charge >= 0.3 is 5.97 Å². The van der Waals surface area contributed by atoms with Crippen LogP contribution in [0.2, 0.25) is 0 Å². The van der Waals surface area contributed by atoms with E-state index in [0.717, 1.165) is 11.8 Å². The van der Waals surface area contributed by atoms with Gasteiger partial charge in [-0.2, -0.15) is 0 Å². The van der Waals surface area contributed by atoms with Crippen LogP contribution in [0.3, 0.4) is 0 Å². The summed E-state index contributed by atoms with van der Waals surface area (Å²) in [4.78, 5) is 73.2. The van der Waals surface area contributed by atoms with E-state index in [0.29, 0.717) is 12.2 Å². The summed E-state index contributed by atoms with van der Waals surface area (Å²) in [6.07, 6.45) is 2.56. The Hall–Kier alpha value is -2.89. The number of ether oxygens (including phenoxy) is 1. The monoisotopic (exact) mass is 498 g/mol. The van der Waals surface area contributed by atoms with Crippen molar-refractivity contribution in [3.63, 3.8) is 0 Å². The maximum atomic E-state index is 12.6. The topological polar surface area (TPSA) is 160 Å². The second-order valence-electron chi connectivity index (χ2n) is 8.26. The lowest BCUT2D eigenvalue weighted by Gasteiger charge is -2.25. The van der Waals surface area contributed by atoms with E-state index in [4.69, 9.17) is 4.74 Å². The van der Waals surface area contributed by atoms with Crippen molar-refractivity contribution in [1.82, 2.24) is 21.3 Å². The first kappa shape index (κ1) is 29.1. The second-order valence-corrected chi connectivity index (χ2v) is 9.53. The van der Waals surface area contributed by atoms with E-state index in [2.05, 4.69) is 21.3 Å². The zero-order valence-electron chi connectivity index (χ0n) is 20.1. The number of amides is 4. The first-order valence-electron chi connectivity index (χ1n) is 11.1. The zero-order chi connectivity index (χ0) is 25.8. The number of allylic oxidation sites excluding steroid dienone is 1. The van der Waals surface area contributed by atoms with Crippen LogP contribution in [-0.4, -0.2) is 71.2 Å². The van der Waals surface area contributed by atoms with E-state index < -0.39 is 60.4 Å². The molecule has 190 valence electrons. The van der Waals surface area contributed by atoms with Gasteiger partial charge in [0.05, 0.1) is 6.42 Å². The summed E-state index contributed by atoms with van der Waals surface area (Å²) in [5, 5.41) is 10.0. The number of rotatable bonds is 5. The van der Waals surface area contributed by atoms with Crippen LogP contribution >= 0.6 is 11.8 Å². The second kappa shape index (κ2) is 14.4. The van der Waals surface area contributed by atoms with Gasteiger partial charge in [0.2, 0.25) is 23.6 Å². The summed E-state index contributed by atoms with van der Waals surface area (Å²) >= 11 is 1.15. The van der Waals surface area contributed by atoms with Crippen molar-refractivity contribution in [2.45, 2.75) is 71.7 Å². The van der Waals surface area contributed by atoms with Gasteiger partial charge in [-0.25, -0.2) is 0 Å². The van der Waals surface area contributed by atoms with Crippen molar-refractivity contribution in [3.8, 4) is 0 Å². The van der Waals surface area contributed by atoms with Crippen molar-refractivity contribution in [2.75, 3.05) is 12.3 Å². The van der Waals surface area contributed by atoms with E-state index in [-0.39, 0.29) is 17.5 Å². The SMILES string of the molecule is CC(=O)SCC/C=C/[C@@H]1CC(=O)N[C@H](C)C(=O)N[C@H](C)C(=O)N[C@H](C(C)C)C(=O)NCC(=O)O1. The highest BCUT2D eigenvalue weighted by molar-refractivity contribution is 8.13. The van der Waals surface area contributed by atoms with Crippen LogP contribution in [0.25, 0.3) is 0 Å². The smallest absolute Gasteiger partial charge is 0.326 e. The van der Waals surface area contributed by atoms with Crippen molar-refractivity contribution in [2.24, 2.45) is 5.92 Å². The Balaban J connectivity index is 3.03. The fourth-order valence-corrected chi connectivity index (χ4v) is 3.45. The zero-order valence-corrected chi connectivity index (χ0v) is 21.0. The third kappa shape index (κ3) is 10.8. The first-order valence-corrected chi connectivity index (χ1v) is 12.1. The molecule has 4 N–H and O–H groups in total. The Morgan fingerprint density at radius 3 is 2.26 bits per heavy atom. The van der Waals surface area contributed by atoms with Crippen LogP contribution in [0, 0.1) is 5.92 Å². The molecule has 0 aliphatic carbocycles. The quantitative estimate of drug-likeness (QED) is 0.230. The standard InChI is InChI=1S/C22H34N4O7S/c1-12(2)19-22(32)23-11-18(29)33-16(8-6-7-9-34-15(5)27)10-17(28)24-13(3)20(30)25-14(4)21(31)26-19/h6,8,12-14,16,19H,7,9-11H2,1-5H3,(H,23,32)(H,24,28)(H,25,30)(H,26,31)/b8-6+/t13-,14-,16-,19-/m1/s1. The molecule has 0 aromatic rings. The van der Waals surface area contributed by atoms with E-state index in [1.807, 2.05) is 0 Å². The van der Waals surface area contributed by atoms with Gasteiger partial charge in [0.15, 0.2) is 5.12 Å². The van der Waals surface area contributed by atoms with Crippen molar-refractivity contribution < 1.29 is 33.5 Å². The Bertz CT molecular complexity index is 815. The van der Waals surface area contributed by atoms with Gasteiger partial charge in [-0.3, -0.25) is 28.8 Å². The highest BCUT2D eigenvalue weighted by Gasteiger charge is 2.29. The normalized spacial score (nSPS) is 25.9. The molecule has 0 aromatic carbocycles. The molecule has 0 saturated carbocycles. The fraction of sp³-hybridized carbons (Fsp3) is 0.636. The number of nitrogens with one attached hydrogen (secondary N) is 4. The minimum Gasteiger partial charge on any atom is -0.456 e. The van der Waals surface area contributed by atoms with Gasteiger partial charge in [0.25, 0.3) is 0 Å². The number of thioether (sulfide) groups is 1. The number of hydrogen-bond donors (Lipinski definition) is 4. The third-order valence-corrected chi connectivity index (χ3v) is 5.63. The van der Waals surface area contributed by atoms with E-state index in [1.165, 1.54) is 26.8 Å². The molecule has 1 heterocycles. The Morgan fingerprint density at radius 1 is 1.03 bits per heavy atom. The molecule has 0 unspecified atom stereocenters. The summed E-state index contributed by atoms with van der Waals surface area (Å²) in [6.45, 7) is 7.39. The summed E-state index contributed by atoms with van der Waals surface area (Å²) in [5.74, 6) is -2.81. The minimum absolute atomic E-state index is 0.0165. The lowest BCUT2D eigenvalue weighted by molar-refractivity contribution is -0.148. The Kier molecular flexibility index (Phi) is 12.3. The van der Waals surface area contributed by atoms with Crippen LogP contribution in [0.5, 0.6) is 0 Å². The van der Waals surface area contributed by atoms with Crippen molar-refractivity contribution >= 4 is 46.5 Å². The van der Waals surface area contributed by atoms with Gasteiger partial charge in [0, 0.05) is 12.7 Å². The Labute approximate surface area is 203 Å². The van der Waals surface area contributed by atoms with Gasteiger partial charge in [-0.1, -0.05) is 31.7 Å². The van der Waals surface area contributed by atoms with Crippen LogP contribution < -0.4 is 21.3 Å². The molecule has 1 rings (SSSR count). The lowest BCUT2D eigenvalue weighted by Crippen LogP contribution is -2.57. The predicted molar refractivity (Wildman–Crippen MR) is 126 cm³/mol. The molecule has 0 aromatic heterocycles. The number of cyclic esters (lactones) is 1. The molecule has 1 saturated heterocycles. The van der Waals surface area contributed by atoms with Gasteiger partial charge in [0.1, 0.15) is 30.8 Å². The third-order valence-electron chi connectivity index (χ3n) is 4.79. The van der Waals surface area contributed by atoms with Crippen LogP contribution in [0.4, 0.5) is 0 Å². The molecule has 4 atom stereocenters. The Morgan fingerprint density at radius 2 is 1.65 bits per heavy atom. The van der Waals surface area contributed by atoms with Crippen LogP contribution in [0.15, 0.2) is 12.2 Å². The predicted octanol–water partition coefficient (Wildman–Crippen LogP) is -0.206. The van der Waals surface area contributed by atoms with Gasteiger partial charge < -0.3 is 26.0 Å². The van der Waals surface area contributed by atoms with E-state index in [9.17, 15) is 28.8 Å². The van der Waals surface area contributed by atoms with Crippen LogP contribution in [0.1, 0.15) is 47.5 Å². The number of carbonyl (C=O) groups excluding carboxylic acids is 6. The molecule has 0 radical (unpaired) electrons. The number of carbonyl (C=O) groups is 6. The summed E-state index contributed by atoms with van der Waals surface area (Å²) < 4.78 is 5.33. The number of esters is 1. The van der Waals surface area contributed by atoms with E-state index >= 15 is 0 Å². The van der Waals surface area contributed by atoms with Crippen molar-refractivity contribution in [1.29, 1.82) is 0 Å². The largest absolute Gasteiger partial charge is 0.456 e. The highest BCUT2D eigenvalue weighted by Crippen LogP contribution is 2.08. The molecule has 4 amide bonds. The average Bonchev–Trinajstić information content (AvgIpc) is 2.73. The fourth-order valence-electron chi connectivity index (χ4n) is 2.91. The summed E-state index contributed by atoms with van der Waals surface area (Å²) in [7, 11) is 0. The molecule has 34 heavy (non-hydrogen) atoms. The molecule has 1 aliphatic rings. The maximum absolute atomic E-state index is 12.6. The first-order chi connectivity index (χ1) is 15.9. The molecule has 1 aliphatic heterocycles. The molecule has 0 spiro atoms. The van der Waals surface area contributed by atoms with Crippen LogP contribution in [-0.2, 0) is 33.5 Å². The molecular weight excluding hydrogens is 464 g/mol. The average molecular weight is 499 g/mol. The highest BCUT2D eigenvalue weighted by atomic mass is 32.2. The van der Waals surface area contributed by atoms with Gasteiger partial charge in [-0.15, -0.1) is 0 Å². The summed E-state index contributed by atoms with van der Waals surface area (Å²) in [6, 6.07) is -2.84. The van der Waals surface area contributed by atoms with Gasteiger partial charge in [-0.05, 0) is 32.3 Å². The minimum atomic E-state index is -0.956. The molecular formula is C22H34N4O7S. The number of hydrogen-bond acceptors (Lipinski definition) is 8.